The number of rotatable bonds is 7. The summed E-state index contributed by atoms with van der Waals surface area (Å²) in [4.78, 5) is 21.9. The van der Waals surface area contributed by atoms with Crippen LogP contribution in [0.2, 0.25) is 0 Å². The van der Waals surface area contributed by atoms with Crippen LogP contribution in [0.3, 0.4) is 0 Å². The Balaban J connectivity index is 1.93. The topological polar surface area (TPSA) is 118 Å². The molecule has 10 heteroatoms. The molecule has 2 rings (SSSR count). The molecular formula is C16H16FN3O5S. The molecule has 138 valence electrons. The molecule has 0 radical (unpaired) electrons. The quantitative estimate of drug-likeness (QED) is 0.430. The highest BCUT2D eigenvalue weighted by Crippen LogP contribution is 2.16. The van der Waals surface area contributed by atoms with Gasteiger partial charge < -0.3 is 5.32 Å². The van der Waals surface area contributed by atoms with Gasteiger partial charge in [-0.15, -0.1) is 0 Å². The van der Waals surface area contributed by atoms with Crippen LogP contribution in [0.15, 0.2) is 47.4 Å². The molecule has 8 nitrogen and oxygen atoms in total. The number of carbonyl (C=O) groups excluding carboxylic acids is 1. The molecule has 1 amide bonds. The summed E-state index contributed by atoms with van der Waals surface area (Å²) in [5, 5.41) is 13.0. The van der Waals surface area contributed by atoms with E-state index in [0.29, 0.717) is 0 Å². The van der Waals surface area contributed by atoms with Gasteiger partial charge in [0.05, 0.1) is 15.4 Å². The lowest BCUT2D eigenvalue weighted by Crippen LogP contribution is -2.35. The maximum atomic E-state index is 13.6. The summed E-state index contributed by atoms with van der Waals surface area (Å²) < 4.78 is 40.1. The van der Waals surface area contributed by atoms with Crippen LogP contribution in [-0.4, -0.2) is 32.3 Å². The Labute approximate surface area is 149 Å². The Morgan fingerprint density at radius 1 is 1.15 bits per heavy atom. The van der Waals surface area contributed by atoms with E-state index in [1.807, 2.05) is 6.92 Å². The van der Waals surface area contributed by atoms with Gasteiger partial charge in [0.25, 0.3) is 11.6 Å². The van der Waals surface area contributed by atoms with Crippen LogP contribution in [0.5, 0.6) is 0 Å². The molecule has 0 saturated heterocycles. The first kappa shape index (κ1) is 19.5. The number of halogens is 1. The van der Waals surface area contributed by atoms with Gasteiger partial charge in [-0.05, 0) is 25.1 Å². The summed E-state index contributed by atoms with van der Waals surface area (Å²) in [5.41, 5.74) is 0.00686. The van der Waals surface area contributed by atoms with E-state index in [9.17, 15) is 27.7 Å². The Morgan fingerprint density at radius 3 is 2.42 bits per heavy atom. The molecule has 0 saturated carbocycles. The number of amides is 1. The van der Waals surface area contributed by atoms with Crippen molar-refractivity contribution in [2.24, 2.45) is 0 Å². The lowest BCUT2D eigenvalue weighted by atomic mass is 10.1. The maximum Gasteiger partial charge on any atom is 0.270 e. The van der Waals surface area contributed by atoms with Crippen LogP contribution < -0.4 is 10.0 Å². The number of hydrogen-bond donors (Lipinski definition) is 2. The van der Waals surface area contributed by atoms with Crippen molar-refractivity contribution in [3.8, 4) is 0 Å². The van der Waals surface area contributed by atoms with Crippen LogP contribution in [0.1, 0.15) is 15.9 Å². The summed E-state index contributed by atoms with van der Waals surface area (Å²) in [6.45, 7) is 1.58. The van der Waals surface area contributed by atoms with Crippen LogP contribution in [0.4, 0.5) is 10.1 Å². The highest BCUT2D eigenvalue weighted by atomic mass is 32.2. The van der Waals surface area contributed by atoms with Gasteiger partial charge in [0, 0.05) is 25.2 Å². The summed E-state index contributed by atoms with van der Waals surface area (Å²) in [5.74, 6) is -1.78. The molecule has 0 fully saturated rings. The fourth-order valence-corrected chi connectivity index (χ4v) is 3.09. The van der Waals surface area contributed by atoms with Crippen LogP contribution in [-0.2, 0) is 10.0 Å². The predicted octanol–water partition coefficient (Wildman–Crippen LogP) is 1.75. The number of carbonyl (C=O) groups is 1. The van der Waals surface area contributed by atoms with Crippen molar-refractivity contribution < 1.29 is 22.5 Å². The Hall–Kier alpha value is -2.85. The van der Waals surface area contributed by atoms with Crippen LogP contribution in [0.25, 0.3) is 0 Å². The van der Waals surface area contributed by atoms with Gasteiger partial charge in [0.1, 0.15) is 5.82 Å². The SMILES string of the molecule is Cc1ccc(S(=O)(=O)NCCNC(=O)c2cc([N+](=O)[O-])ccc2F)cc1. The number of nitrogens with zero attached hydrogens (tertiary/aromatic N) is 1. The zero-order chi connectivity index (χ0) is 19.3. The van der Waals surface area contributed by atoms with Gasteiger partial charge >= 0.3 is 0 Å². The van der Waals surface area contributed by atoms with Gasteiger partial charge in [0.2, 0.25) is 10.0 Å². The molecule has 0 unspecified atom stereocenters. The predicted molar refractivity (Wildman–Crippen MR) is 91.8 cm³/mol. The number of aryl methyl sites for hydroxylation is 1. The van der Waals surface area contributed by atoms with Gasteiger partial charge in [-0.3, -0.25) is 14.9 Å². The molecular weight excluding hydrogens is 365 g/mol. The molecule has 0 aliphatic carbocycles. The molecule has 2 aromatic carbocycles. The van der Waals surface area contributed by atoms with Crippen molar-refractivity contribution in [3.05, 3.63) is 69.5 Å². The van der Waals surface area contributed by atoms with Gasteiger partial charge in [-0.1, -0.05) is 17.7 Å². The maximum absolute atomic E-state index is 13.6. The first-order chi connectivity index (χ1) is 12.2. The molecule has 2 N–H and O–H groups in total. The van der Waals surface area contributed by atoms with E-state index in [1.165, 1.54) is 12.1 Å². The van der Waals surface area contributed by atoms with Crippen molar-refractivity contribution in [2.45, 2.75) is 11.8 Å². The first-order valence-corrected chi connectivity index (χ1v) is 8.97. The van der Waals surface area contributed by atoms with E-state index in [-0.39, 0.29) is 18.0 Å². The summed E-state index contributed by atoms with van der Waals surface area (Å²) >= 11 is 0. The largest absolute Gasteiger partial charge is 0.351 e. The number of benzene rings is 2. The second-order valence-electron chi connectivity index (χ2n) is 5.39. The Bertz CT molecular complexity index is 929. The van der Waals surface area contributed by atoms with Crippen molar-refractivity contribution in [3.63, 3.8) is 0 Å². The molecule has 0 bridgehead atoms. The molecule has 0 aliphatic heterocycles. The highest BCUT2D eigenvalue weighted by molar-refractivity contribution is 7.89. The van der Waals surface area contributed by atoms with Crippen LogP contribution >= 0.6 is 0 Å². The third-order valence-corrected chi connectivity index (χ3v) is 4.92. The Kier molecular flexibility index (Phi) is 6.01. The highest BCUT2D eigenvalue weighted by Gasteiger charge is 2.17. The number of nitrogens with one attached hydrogen (secondary N) is 2. The molecule has 0 aromatic heterocycles. The number of nitro benzene ring substituents is 1. The third-order valence-electron chi connectivity index (χ3n) is 3.44. The monoisotopic (exact) mass is 381 g/mol. The number of hydrogen-bond acceptors (Lipinski definition) is 5. The van der Waals surface area contributed by atoms with E-state index >= 15 is 0 Å². The second-order valence-corrected chi connectivity index (χ2v) is 7.15. The van der Waals surface area contributed by atoms with Gasteiger partial charge in [0.15, 0.2) is 0 Å². The van der Waals surface area contributed by atoms with E-state index < -0.39 is 37.9 Å². The lowest BCUT2D eigenvalue weighted by molar-refractivity contribution is -0.384. The van der Waals surface area contributed by atoms with E-state index in [2.05, 4.69) is 10.0 Å². The minimum Gasteiger partial charge on any atom is -0.351 e. The summed E-state index contributed by atoms with van der Waals surface area (Å²) in [6, 6.07) is 8.81. The number of sulfonamides is 1. The third kappa shape index (κ3) is 4.83. The van der Waals surface area contributed by atoms with Crippen molar-refractivity contribution in [1.82, 2.24) is 10.0 Å². The standard InChI is InChI=1S/C16H16FN3O5S/c1-11-2-5-13(6-3-11)26(24,25)19-9-8-18-16(21)14-10-12(20(22)23)4-7-15(14)17/h2-7,10,19H,8-9H2,1H3,(H,18,21). The van der Waals surface area contributed by atoms with Crippen LogP contribution in [0, 0.1) is 22.9 Å². The molecule has 0 aliphatic rings. The lowest BCUT2D eigenvalue weighted by Gasteiger charge is -2.09. The van der Waals surface area contributed by atoms with Crippen molar-refractivity contribution >= 4 is 21.6 Å². The van der Waals surface area contributed by atoms with Gasteiger partial charge in [-0.25, -0.2) is 17.5 Å². The van der Waals surface area contributed by atoms with E-state index in [4.69, 9.17) is 0 Å². The fourth-order valence-electron chi connectivity index (χ4n) is 2.06. The number of non-ortho nitro benzene ring substituents is 1. The summed E-state index contributed by atoms with van der Waals surface area (Å²) in [7, 11) is -3.73. The Morgan fingerprint density at radius 2 is 1.81 bits per heavy atom. The fraction of sp³-hybridized carbons (Fsp3) is 0.188. The summed E-state index contributed by atoms with van der Waals surface area (Å²) in [6.07, 6.45) is 0. The van der Waals surface area contributed by atoms with Gasteiger partial charge in [-0.2, -0.15) is 0 Å². The minimum atomic E-state index is -3.73. The van der Waals surface area contributed by atoms with E-state index in [0.717, 1.165) is 23.8 Å². The molecule has 26 heavy (non-hydrogen) atoms. The normalized spacial score (nSPS) is 11.2. The first-order valence-electron chi connectivity index (χ1n) is 7.49. The molecule has 0 heterocycles. The average molecular weight is 381 g/mol. The average Bonchev–Trinajstić information content (AvgIpc) is 2.59. The minimum absolute atomic E-state index is 0.0826. The van der Waals surface area contributed by atoms with E-state index in [1.54, 1.807) is 12.1 Å². The molecule has 0 spiro atoms. The van der Waals surface area contributed by atoms with Crippen molar-refractivity contribution in [1.29, 1.82) is 0 Å². The second kappa shape index (κ2) is 8.02. The molecule has 0 atom stereocenters. The molecule has 2 aromatic rings. The van der Waals surface area contributed by atoms with Crippen molar-refractivity contribution in [2.75, 3.05) is 13.1 Å². The zero-order valence-corrected chi connectivity index (χ0v) is 14.5. The smallest absolute Gasteiger partial charge is 0.270 e. The zero-order valence-electron chi connectivity index (χ0n) is 13.7. The number of nitro groups is 1.